The molecule has 10 heteroatoms. The Balaban J connectivity index is 1.32. The summed E-state index contributed by atoms with van der Waals surface area (Å²) < 4.78 is 39.6. The third kappa shape index (κ3) is 3.99. The molecule has 2 aromatic rings. The Kier molecular flexibility index (Phi) is 5.30. The lowest BCUT2D eigenvalue weighted by Gasteiger charge is -2.48. The molecule has 0 N–H and O–H groups in total. The lowest BCUT2D eigenvalue weighted by Crippen LogP contribution is -2.64. The molecule has 4 rings (SSSR count). The van der Waals surface area contributed by atoms with Crippen LogP contribution in [0.1, 0.15) is 26.4 Å². The molecule has 0 bridgehead atoms. The molecule has 0 spiro atoms. The summed E-state index contributed by atoms with van der Waals surface area (Å²) in [7, 11) is 0. The number of amides is 2. The van der Waals surface area contributed by atoms with Crippen LogP contribution >= 0.6 is 11.3 Å². The highest BCUT2D eigenvalue weighted by molar-refractivity contribution is 7.07. The van der Waals surface area contributed by atoms with E-state index in [0.717, 1.165) is 6.07 Å². The van der Waals surface area contributed by atoms with Crippen molar-refractivity contribution in [3.63, 3.8) is 0 Å². The van der Waals surface area contributed by atoms with Crippen LogP contribution in [-0.4, -0.2) is 76.8 Å². The Bertz CT molecular complexity index is 889. The number of hydrogen-bond acceptors (Lipinski definition) is 5. The van der Waals surface area contributed by atoms with Gasteiger partial charge in [0.25, 0.3) is 11.8 Å². The van der Waals surface area contributed by atoms with Crippen molar-refractivity contribution in [1.29, 1.82) is 0 Å². The van der Waals surface area contributed by atoms with Gasteiger partial charge in [-0.15, -0.1) is 11.3 Å². The Morgan fingerprint density at radius 2 is 1.69 bits per heavy atom. The molecule has 154 valence electrons. The van der Waals surface area contributed by atoms with Gasteiger partial charge in [0.2, 0.25) is 0 Å². The van der Waals surface area contributed by atoms with E-state index in [4.69, 9.17) is 0 Å². The molecule has 0 radical (unpaired) electrons. The van der Waals surface area contributed by atoms with Crippen LogP contribution in [0.5, 0.6) is 0 Å². The monoisotopic (exact) mass is 424 g/mol. The predicted octanol–water partition coefficient (Wildman–Crippen LogP) is 2.44. The summed E-state index contributed by atoms with van der Waals surface area (Å²) in [6.45, 7) is 3.07. The number of carbonyl (C=O) groups excluding carboxylic acids is 2. The fraction of sp³-hybridized carbons (Fsp3) is 0.421. The largest absolute Gasteiger partial charge is 0.417 e. The molecule has 0 unspecified atom stereocenters. The number of thiazole rings is 1. The van der Waals surface area contributed by atoms with E-state index in [1.165, 1.54) is 34.4 Å². The van der Waals surface area contributed by atoms with Gasteiger partial charge in [-0.05, 0) is 12.1 Å². The topological polar surface area (TPSA) is 56.8 Å². The first-order valence-corrected chi connectivity index (χ1v) is 10.2. The molecule has 0 saturated carbocycles. The summed E-state index contributed by atoms with van der Waals surface area (Å²) in [6.07, 6.45) is -4.56. The molecular formula is C19H19F3N4O2S. The number of rotatable bonds is 3. The molecule has 6 nitrogen and oxygen atoms in total. The van der Waals surface area contributed by atoms with Crippen molar-refractivity contribution >= 4 is 23.2 Å². The number of hydrogen-bond donors (Lipinski definition) is 0. The molecule has 2 fully saturated rings. The highest BCUT2D eigenvalue weighted by atomic mass is 32.1. The summed E-state index contributed by atoms with van der Waals surface area (Å²) in [5.74, 6) is -0.674. The van der Waals surface area contributed by atoms with Gasteiger partial charge in [0.1, 0.15) is 5.69 Å². The van der Waals surface area contributed by atoms with Crippen LogP contribution in [0, 0.1) is 0 Å². The number of likely N-dealkylation sites (tertiary alicyclic amines) is 1. The maximum atomic E-state index is 13.2. The Labute approximate surface area is 169 Å². The van der Waals surface area contributed by atoms with Gasteiger partial charge < -0.3 is 9.80 Å². The zero-order valence-corrected chi connectivity index (χ0v) is 16.2. The fourth-order valence-corrected chi connectivity index (χ4v) is 4.24. The normalized spacial score (nSPS) is 18.6. The van der Waals surface area contributed by atoms with Crippen molar-refractivity contribution in [2.75, 3.05) is 39.3 Å². The first-order valence-electron chi connectivity index (χ1n) is 9.21. The molecule has 2 aliphatic rings. The molecule has 2 saturated heterocycles. The van der Waals surface area contributed by atoms with E-state index in [9.17, 15) is 22.8 Å². The van der Waals surface area contributed by atoms with E-state index in [1.807, 2.05) is 0 Å². The van der Waals surface area contributed by atoms with E-state index in [-0.39, 0.29) is 17.5 Å². The second kappa shape index (κ2) is 7.75. The van der Waals surface area contributed by atoms with Gasteiger partial charge in [0.05, 0.1) is 16.6 Å². The average molecular weight is 424 g/mol. The number of carbonyl (C=O) groups is 2. The zero-order chi connectivity index (χ0) is 20.6. The van der Waals surface area contributed by atoms with Gasteiger partial charge in [0, 0.05) is 50.7 Å². The van der Waals surface area contributed by atoms with E-state index in [1.54, 1.807) is 15.8 Å². The fourth-order valence-electron chi connectivity index (χ4n) is 3.71. The zero-order valence-electron chi connectivity index (χ0n) is 15.4. The summed E-state index contributed by atoms with van der Waals surface area (Å²) in [5.41, 5.74) is 0.865. The van der Waals surface area contributed by atoms with E-state index < -0.39 is 17.6 Å². The smallest absolute Gasteiger partial charge is 0.336 e. The molecule has 0 aliphatic carbocycles. The van der Waals surface area contributed by atoms with Gasteiger partial charge in [-0.1, -0.05) is 12.1 Å². The summed E-state index contributed by atoms with van der Waals surface area (Å²) >= 11 is 1.38. The second-order valence-electron chi connectivity index (χ2n) is 7.11. The number of piperazine rings is 1. The van der Waals surface area contributed by atoms with Gasteiger partial charge >= 0.3 is 6.18 Å². The number of benzene rings is 1. The van der Waals surface area contributed by atoms with Crippen LogP contribution in [0.3, 0.4) is 0 Å². The Hall–Kier alpha value is -2.46. The van der Waals surface area contributed by atoms with E-state index in [0.29, 0.717) is 45.0 Å². The summed E-state index contributed by atoms with van der Waals surface area (Å²) in [4.78, 5) is 34.3. The maximum Gasteiger partial charge on any atom is 0.417 e. The lowest BCUT2D eigenvalue weighted by atomic mass is 10.0. The van der Waals surface area contributed by atoms with Gasteiger partial charge in [0.15, 0.2) is 0 Å². The molecule has 3 heterocycles. The number of aromatic nitrogens is 1. The number of nitrogens with zero attached hydrogens (tertiary/aromatic N) is 4. The second-order valence-corrected chi connectivity index (χ2v) is 7.83. The third-order valence-corrected chi connectivity index (χ3v) is 5.97. The first-order chi connectivity index (χ1) is 13.8. The van der Waals surface area contributed by atoms with Gasteiger partial charge in [-0.2, -0.15) is 13.2 Å². The van der Waals surface area contributed by atoms with Crippen molar-refractivity contribution in [3.05, 3.63) is 52.0 Å². The van der Waals surface area contributed by atoms with Crippen LogP contribution in [0.2, 0.25) is 0 Å². The maximum absolute atomic E-state index is 13.2. The minimum absolute atomic E-state index is 0.0833. The molecule has 2 aliphatic heterocycles. The lowest BCUT2D eigenvalue weighted by molar-refractivity contribution is -0.138. The average Bonchev–Trinajstić information content (AvgIpc) is 3.21. The van der Waals surface area contributed by atoms with Crippen LogP contribution in [0.25, 0.3) is 0 Å². The van der Waals surface area contributed by atoms with Crippen molar-refractivity contribution in [3.8, 4) is 0 Å². The molecule has 29 heavy (non-hydrogen) atoms. The summed E-state index contributed by atoms with van der Waals surface area (Å²) in [5, 5.41) is 1.72. The van der Waals surface area contributed by atoms with E-state index in [2.05, 4.69) is 9.88 Å². The number of halogens is 3. The molecule has 2 amide bonds. The predicted molar refractivity (Wildman–Crippen MR) is 101 cm³/mol. The highest BCUT2D eigenvalue weighted by Crippen LogP contribution is 2.32. The molecule has 0 atom stereocenters. The van der Waals surface area contributed by atoms with E-state index >= 15 is 0 Å². The minimum Gasteiger partial charge on any atom is -0.336 e. The quantitative estimate of drug-likeness (QED) is 0.760. The number of alkyl halides is 3. The molecule has 1 aromatic carbocycles. The van der Waals surface area contributed by atoms with Crippen molar-refractivity contribution in [2.45, 2.75) is 12.2 Å². The Morgan fingerprint density at radius 1 is 1.00 bits per heavy atom. The minimum atomic E-state index is -4.56. The van der Waals surface area contributed by atoms with Gasteiger partial charge in [-0.3, -0.25) is 14.5 Å². The van der Waals surface area contributed by atoms with Crippen LogP contribution in [-0.2, 0) is 6.18 Å². The molecular weight excluding hydrogens is 405 g/mol. The third-order valence-electron chi connectivity index (χ3n) is 5.38. The van der Waals surface area contributed by atoms with Crippen molar-refractivity contribution in [1.82, 2.24) is 19.7 Å². The van der Waals surface area contributed by atoms with Crippen molar-refractivity contribution in [2.24, 2.45) is 0 Å². The molecule has 1 aromatic heterocycles. The Morgan fingerprint density at radius 3 is 2.31 bits per heavy atom. The van der Waals surface area contributed by atoms with Gasteiger partial charge in [-0.25, -0.2) is 4.98 Å². The highest BCUT2D eigenvalue weighted by Gasteiger charge is 2.39. The van der Waals surface area contributed by atoms with Crippen LogP contribution < -0.4 is 0 Å². The first kappa shape index (κ1) is 19.8. The van der Waals surface area contributed by atoms with Crippen LogP contribution in [0.4, 0.5) is 13.2 Å². The standard InChI is InChI=1S/C19H19F3N4O2S/c20-19(21,22)15-4-2-1-3-14(15)17(27)25-7-5-24(6-8-25)13-9-26(10-13)18(28)16-11-29-12-23-16/h1-4,11-13H,5-10H2. The van der Waals surface area contributed by atoms with Crippen molar-refractivity contribution < 1.29 is 22.8 Å². The summed E-state index contributed by atoms with van der Waals surface area (Å²) in [6, 6.07) is 5.10. The van der Waals surface area contributed by atoms with Crippen LogP contribution in [0.15, 0.2) is 35.2 Å². The SMILES string of the molecule is O=C(c1cscn1)N1CC(N2CCN(C(=O)c3ccccc3C(F)(F)F)CC2)C1.